The summed E-state index contributed by atoms with van der Waals surface area (Å²) in [7, 11) is 1.94. The number of nitrogens with zero attached hydrogens (tertiary/aromatic N) is 1. The lowest BCUT2D eigenvalue weighted by atomic mass is 10.2. The average molecular weight is 280 g/mol. The summed E-state index contributed by atoms with van der Waals surface area (Å²) in [4.78, 5) is 3.38. The molecule has 0 aliphatic heterocycles. The van der Waals surface area contributed by atoms with Crippen molar-refractivity contribution in [2.24, 2.45) is 0 Å². The number of thiophene rings is 1. The third-order valence-corrected chi connectivity index (χ3v) is 3.69. The van der Waals surface area contributed by atoms with Crippen LogP contribution in [0.5, 0.6) is 0 Å². The molecule has 0 saturated carbocycles. The van der Waals surface area contributed by atoms with Gasteiger partial charge in [0, 0.05) is 24.0 Å². The maximum Gasteiger partial charge on any atom is 0.401 e. The van der Waals surface area contributed by atoms with Crippen LogP contribution in [0.3, 0.4) is 0 Å². The summed E-state index contributed by atoms with van der Waals surface area (Å²) >= 11 is 1.71. The summed E-state index contributed by atoms with van der Waals surface area (Å²) in [6, 6.07) is 4.42. The summed E-state index contributed by atoms with van der Waals surface area (Å²) in [5.41, 5.74) is 0. The number of hydrogen-bond acceptors (Lipinski definition) is 3. The lowest BCUT2D eigenvalue weighted by molar-refractivity contribution is -0.124. The van der Waals surface area contributed by atoms with Gasteiger partial charge in [-0.25, -0.2) is 0 Å². The molecule has 18 heavy (non-hydrogen) atoms. The minimum Gasteiger partial charge on any atom is -0.307 e. The number of halogens is 3. The van der Waals surface area contributed by atoms with E-state index >= 15 is 0 Å². The first-order chi connectivity index (χ1) is 8.38. The van der Waals surface area contributed by atoms with Gasteiger partial charge in [0.05, 0.1) is 6.54 Å². The Kier molecular flexibility index (Phi) is 6.11. The second kappa shape index (κ2) is 7.11. The predicted molar refractivity (Wildman–Crippen MR) is 69.0 cm³/mol. The van der Waals surface area contributed by atoms with Crippen LogP contribution < -0.4 is 5.32 Å². The number of hydrogen-bond donors (Lipinski definition) is 1. The SMILES string of the molecule is CC(Cc1cccs1)N(C)CCNCC(F)(F)F. The van der Waals surface area contributed by atoms with E-state index in [1.807, 2.05) is 18.5 Å². The van der Waals surface area contributed by atoms with Gasteiger partial charge in [0.1, 0.15) is 0 Å². The molecule has 1 unspecified atom stereocenters. The van der Waals surface area contributed by atoms with E-state index in [1.165, 1.54) is 4.88 Å². The molecule has 0 aliphatic rings. The molecule has 0 amide bonds. The highest BCUT2D eigenvalue weighted by molar-refractivity contribution is 7.09. The minimum atomic E-state index is -4.12. The Bertz CT molecular complexity index is 325. The Morgan fingerprint density at radius 2 is 2.17 bits per heavy atom. The van der Waals surface area contributed by atoms with Crippen LogP contribution in [0.4, 0.5) is 13.2 Å². The Labute approximate surface area is 110 Å². The first-order valence-corrected chi connectivity index (χ1v) is 6.76. The molecule has 104 valence electrons. The number of alkyl halides is 3. The Morgan fingerprint density at radius 3 is 2.72 bits per heavy atom. The monoisotopic (exact) mass is 280 g/mol. The van der Waals surface area contributed by atoms with Gasteiger partial charge in [-0.15, -0.1) is 11.3 Å². The van der Waals surface area contributed by atoms with Gasteiger partial charge in [-0.3, -0.25) is 0 Å². The largest absolute Gasteiger partial charge is 0.401 e. The molecule has 1 aromatic heterocycles. The summed E-state index contributed by atoms with van der Waals surface area (Å²) < 4.78 is 35.7. The third-order valence-electron chi connectivity index (χ3n) is 2.80. The highest BCUT2D eigenvalue weighted by atomic mass is 32.1. The van der Waals surface area contributed by atoms with Crippen molar-refractivity contribution in [1.29, 1.82) is 0 Å². The topological polar surface area (TPSA) is 15.3 Å². The van der Waals surface area contributed by atoms with Crippen LogP contribution in [0.15, 0.2) is 17.5 Å². The molecule has 1 N–H and O–H groups in total. The van der Waals surface area contributed by atoms with E-state index in [4.69, 9.17) is 0 Å². The second-order valence-corrected chi connectivity index (χ2v) is 5.44. The fraction of sp³-hybridized carbons (Fsp3) is 0.667. The van der Waals surface area contributed by atoms with E-state index in [2.05, 4.69) is 23.2 Å². The molecule has 1 aromatic rings. The first-order valence-electron chi connectivity index (χ1n) is 5.88. The molecule has 0 bridgehead atoms. The van der Waals surface area contributed by atoms with E-state index < -0.39 is 12.7 Å². The summed E-state index contributed by atoms with van der Waals surface area (Å²) in [6.07, 6.45) is -3.19. The van der Waals surface area contributed by atoms with Crippen molar-refractivity contribution in [1.82, 2.24) is 10.2 Å². The molecule has 0 aliphatic carbocycles. The third kappa shape index (κ3) is 6.37. The molecule has 0 radical (unpaired) electrons. The Morgan fingerprint density at radius 1 is 1.44 bits per heavy atom. The van der Waals surface area contributed by atoms with Crippen molar-refractivity contribution >= 4 is 11.3 Å². The molecule has 1 heterocycles. The quantitative estimate of drug-likeness (QED) is 0.773. The van der Waals surface area contributed by atoms with Crippen LogP contribution in [0, 0.1) is 0 Å². The molecule has 0 spiro atoms. The number of likely N-dealkylation sites (N-methyl/N-ethyl adjacent to an activating group) is 1. The van der Waals surface area contributed by atoms with E-state index in [0.717, 1.165) is 6.42 Å². The summed E-state index contributed by atoms with van der Waals surface area (Å²) in [5, 5.41) is 4.44. The lowest BCUT2D eigenvalue weighted by Crippen LogP contribution is -2.38. The van der Waals surface area contributed by atoms with Crippen molar-refractivity contribution in [2.75, 3.05) is 26.7 Å². The average Bonchev–Trinajstić information content (AvgIpc) is 2.75. The molecule has 1 atom stereocenters. The van der Waals surface area contributed by atoms with Crippen LogP contribution in [-0.2, 0) is 6.42 Å². The van der Waals surface area contributed by atoms with Crippen molar-refractivity contribution in [3.63, 3.8) is 0 Å². The van der Waals surface area contributed by atoms with Crippen LogP contribution in [-0.4, -0.2) is 43.8 Å². The summed E-state index contributed by atoms with van der Waals surface area (Å²) in [6.45, 7) is 2.14. The van der Waals surface area contributed by atoms with Crippen LogP contribution in [0.2, 0.25) is 0 Å². The number of nitrogens with one attached hydrogen (secondary N) is 1. The highest BCUT2D eigenvalue weighted by Gasteiger charge is 2.26. The molecule has 0 saturated heterocycles. The van der Waals surface area contributed by atoms with Crippen LogP contribution in [0.1, 0.15) is 11.8 Å². The van der Waals surface area contributed by atoms with E-state index in [0.29, 0.717) is 19.1 Å². The lowest BCUT2D eigenvalue weighted by Gasteiger charge is -2.24. The van der Waals surface area contributed by atoms with Gasteiger partial charge in [0.15, 0.2) is 0 Å². The van der Waals surface area contributed by atoms with Gasteiger partial charge in [-0.05, 0) is 31.8 Å². The molecular weight excluding hydrogens is 261 g/mol. The minimum absolute atomic E-state index is 0.330. The zero-order valence-electron chi connectivity index (χ0n) is 10.6. The predicted octanol–water partition coefficient (Wildman–Crippen LogP) is 2.76. The zero-order valence-corrected chi connectivity index (χ0v) is 11.4. The van der Waals surface area contributed by atoms with Crippen molar-refractivity contribution < 1.29 is 13.2 Å². The molecule has 6 heteroatoms. The molecule has 0 aromatic carbocycles. The van der Waals surface area contributed by atoms with Gasteiger partial charge < -0.3 is 10.2 Å². The normalized spacial score (nSPS) is 14.1. The van der Waals surface area contributed by atoms with E-state index in [1.54, 1.807) is 11.3 Å². The maximum atomic E-state index is 11.9. The van der Waals surface area contributed by atoms with Gasteiger partial charge >= 0.3 is 6.18 Å². The van der Waals surface area contributed by atoms with Gasteiger partial charge in [0.25, 0.3) is 0 Å². The van der Waals surface area contributed by atoms with Gasteiger partial charge in [0.2, 0.25) is 0 Å². The van der Waals surface area contributed by atoms with Crippen LogP contribution >= 0.6 is 11.3 Å². The Hall–Kier alpha value is -0.590. The molecule has 0 fully saturated rings. The Balaban J connectivity index is 2.18. The molecule has 2 nitrogen and oxygen atoms in total. The van der Waals surface area contributed by atoms with Gasteiger partial charge in [-0.2, -0.15) is 13.2 Å². The zero-order chi connectivity index (χ0) is 13.6. The van der Waals surface area contributed by atoms with E-state index in [-0.39, 0.29) is 0 Å². The van der Waals surface area contributed by atoms with E-state index in [9.17, 15) is 13.2 Å². The maximum absolute atomic E-state index is 11.9. The second-order valence-electron chi connectivity index (χ2n) is 4.41. The summed E-state index contributed by atoms with van der Waals surface area (Å²) in [5.74, 6) is 0. The molecule has 1 rings (SSSR count). The van der Waals surface area contributed by atoms with Crippen LogP contribution in [0.25, 0.3) is 0 Å². The fourth-order valence-corrected chi connectivity index (χ4v) is 2.41. The smallest absolute Gasteiger partial charge is 0.307 e. The first kappa shape index (κ1) is 15.5. The van der Waals surface area contributed by atoms with Crippen molar-refractivity contribution in [3.05, 3.63) is 22.4 Å². The van der Waals surface area contributed by atoms with Crippen molar-refractivity contribution in [3.8, 4) is 0 Å². The van der Waals surface area contributed by atoms with Crippen molar-refractivity contribution in [2.45, 2.75) is 25.6 Å². The van der Waals surface area contributed by atoms with Gasteiger partial charge in [-0.1, -0.05) is 6.07 Å². The highest BCUT2D eigenvalue weighted by Crippen LogP contribution is 2.13. The number of rotatable bonds is 7. The standard InChI is InChI=1S/C12H19F3N2S/c1-10(8-11-4-3-7-18-11)17(2)6-5-16-9-12(13,14)15/h3-4,7,10,16H,5-6,8-9H2,1-2H3. The molecular formula is C12H19F3N2S. The fourth-order valence-electron chi connectivity index (χ4n) is 1.58.